The molecule has 6 heterocycles. The molecule has 0 bridgehead atoms. The Morgan fingerprint density at radius 1 is 1.03 bits per heavy atom. The molecule has 6 rings (SSSR count). The third-order valence-corrected chi connectivity index (χ3v) is 6.37. The largest absolute Gasteiger partial charge is 0.336 e. The highest BCUT2D eigenvalue weighted by Crippen LogP contribution is 2.34. The van der Waals surface area contributed by atoms with Gasteiger partial charge in [-0.05, 0) is 43.2 Å². The smallest absolute Gasteiger partial charge is 0.161 e. The number of aromatic nitrogens is 7. The third kappa shape index (κ3) is 3.44. The Morgan fingerprint density at radius 3 is 2.76 bits per heavy atom. The summed E-state index contributed by atoms with van der Waals surface area (Å²) in [5, 5.41) is 9.57. The number of hydrogen-bond donors (Lipinski definition) is 2. The van der Waals surface area contributed by atoms with Gasteiger partial charge in [-0.3, -0.25) is 20.1 Å². The molecule has 0 radical (unpaired) electrons. The Kier molecular flexibility index (Phi) is 4.89. The molecule has 0 aromatic carbocycles. The van der Waals surface area contributed by atoms with Crippen molar-refractivity contribution in [3.63, 3.8) is 0 Å². The van der Waals surface area contributed by atoms with Gasteiger partial charge in [-0.25, -0.2) is 9.37 Å². The molecule has 0 spiro atoms. The average molecular weight is 471 g/mol. The SMILES string of the molecule is CN(C)Cc1cncc(-c2ncc3[nH]nc(-c4nc5c(-c6cccs6)nccc5[nH]4)c3c2F)c1. The van der Waals surface area contributed by atoms with Gasteiger partial charge in [0.2, 0.25) is 0 Å². The van der Waals surface area contributed by atoms with E-state index in [1.807, 2.05) is 48.6 Å². The monoisotopic (exact) mass is 470 g/mol. The van der Waals surface area contributed by atoms with E-state index >= 15 is 4.39 Å². The van der Waals surface area contributed by atoms with Gasteiger partial charge in [0, 0.05) is 30.7 Å². The first-order valence-corrected chi connectivity index (χ1v) is 11.5. The second kappa shape index (κ2) is 8.08. The van der Waals surface area contributed by atoms with Crippen LogP contribution in [0.4, 0.5) is 4.39 Å². The Balaban J connectivity index is 1.50. The van der Waals surface area contributed by atoms with E-state index in [9.17, 15) is 0 Å². The molecule has 0 saturated carbocycles. The molecule has 2 N–H and O–H groups in total. The van der Waals surface area contributed by atoms with Crippen LogP contribution in [0.3, 0.4) is 0 Å². The van der Waals surface area contributed by atoms with Crippen molar-refractivity contribution in [1.82, 2.24) is 40.0 Å². The molecule has 0 atom stereocenters. The molecule has 0 saturated heterocycles. The minimum Gasteiger partial charge on any atom is -0.336 e. The molecule has 0 fully saturated rings. The molecule has 0 aliphatic heterocycles. The standard InChI is InChI=1S/C24H19FN8S/c1-33(2)12-13-8-14(10-26-9-13)20-19(25)18-16(11-28-20)31-32-23(18)24-29-15-5-6-27-22(21(15)30-24)17-4-3-7-34-17/h3-11H,12H2,1-2H3,(H,29,30)(H,31,32). The summed E-state index contributed by atoms with van der Waals surface area (Å²) < 4.78 is 15.9. The highest BCUT2D eigenvalue weighted by Gasteiger charge is 2.21. The van der Waals surface area contributed by atoms with E-state index in [1.165, 1.54) is 0 Å². The lowest BCUT2D eigenvalue weighted by molar-refractivity contribution is 0.402. The van der Waals surface area contributed by atoms with E-state index in [4.69, 9.17) is 4.98 Å². The van der Waals surface area contributed by atoms with Crippen LogP contribution < -0.4 is 0 Å². The first-order chi connectivity index (χ1) is 16.6. The van der Waals surface area contributed by atoms with Crippen LogP contribution in [-0.2, 0) is 6.54 Å². The molecule has 0 aliphatic carbocycles. The van der Waals surface area contributed by atoms with Crippen molar-refractivity contribution in [2.24, 2.45) is 0 Å². The highest BCUT2D eigenvalue weighted by molar-refractivity contribution is 7.13. The number of nitrogens with one attached hydrogen (secondary N) is 2. The lowest BCUT2D eigenvalue weighted by Crippen LogP contribution is -2.10. The number of aromatic amines is 2. The second-order valence-electron chi connectivity index (χ2n) is 8.22. The molecule has 6 aromatic rings. The van der Waals surface area contributed by atoms with E-state index in [-0.39, 0.29) is 5.69 Å². The number of fused-ring (bicyclic) bond motifs is 2. The first-order valence-electron chi connectivity index (χ1n) is 10.6. The molecule has 34 heavy (non-hydrogen) atoms. The number of thiophene rings is 1. The van der Waals surface area contributed by atoms with Crippen LogP contribution in [0.15, 0.2) is 54.4 Å². The minimum absolute atomic E-state index is 0.223. The lowest BCUT2D eigenvalue weighted by Gasteiger charge is -2.10. The number of H-pyrrole nitrogens is 2. The molecule has 0 unspecified atom stereocenters. The zero-order chi connectivity index (χ0) is 23.2. The molecule has 0 amide bonds. The van der Waals surface area contributed by atoms with Gasteiger partial charge in [0.05, 0.1) is 27.5 Å². The maximum atomic E-state index is 15.9. The second-order valence-corrected chi connectivity index (χ2v) is 9.17. The zero-order valence-electron chi connectivity index (χ0n) is 18.4. The van der Waals surface area contributed by atoms with Gasteiger partial charge in [-0.2, -0.15) is 5.10 Å². The lowest BCUT2D eigenvalue weighted by atomic mass is 10.1. The van der Waals surface area contributed by atoms with Crippen molar-refractivity contribution in [2.45, 2.75) is 6.54 Å². The molecular weight excluding hydrogens is 451 g/mol. The number of nitrogens with zero attached hydrogens (tertiary/aromatic N) is 6. The fraction of sp³-hybridized carbons (Fsp3) is 0.125. The quantitative estimate of drug-likeness (QED) is 0.372. The van der Waals surface area contributed by atoms with Gasteiger partial charge < -0.3 is 9.88 Å². The number of imidazole rings is 1. The first kappa shape index (κ1) is 20.6. The summed E-state index contributed by atoms with van der Waals surface area (Å²) in [4.78, 5) is 24.2. The van der Waals surface area contributed by atoms with E-state index < -0.39 is 5.82 Å². The third-order valence-electron chi connectivity index (χ3n) is 5.49. The number of rotatable bonds is 5. The van der Waals surface area contributed by atoms with Gasteiger partial charge in [0.25, 0.3) is 0 Å². The fourth-order valence-corrected chi connectivity index (χ4v) is 4.78. The van der Waals surface area contributed by atoms with Crippen molar-refractivity contribution in [3.05, 3.63) is 65.8 Å². The highest BCUT2D eigenvalue weighted by atomic mass is 32.1. The van der Waals surface area contributed by atoms with Crippen LogP contribution in [0.2, 0.25) is 0 Å². The Labute approximate surface area is 197 Å². The van der Waals surface area contributed by atoms with Crippen molar-refractivity contribution in [1.29, 1.82) is 0 Å². The van der Waals surface area contributed by atoms with Gasteiger partial charge in [-0.1, -0.05) is 6.07 Å². The Bertz CT molecular complexity index is 1630. The summed E-state index contributed by atoms with van der Waals surface area (Å²) >= 11 is 1.59. The zero-order valence-corrected chi connectivity index (χ0v) is 19.2. The minimum atomic E-state index is -0.470. The normalized spacial score (nSPS) is 11.8. The van der Waals surface area contributed by atoms with E-state index in [2.05, 4.69) is 30.1 Å². The van der Waals surface area contributed by atoms with Crippen LogP contribution in [-0.4, -0.2) is 54.1 Å². The van der Waals surface area contributed by atoms with Gasteiger partial charge in [0.1, 0.15) is 22.6 Å². The van der Waals surface area contributed by atoms with E-state index in [0.29, 0.717) is 40.0 Å². The predicted octanol–water partition coefficient (Wildman–Crippen LogP) is 4.89. The van der Waals surface area contributed by atoms with Crippen LogP contribution in [0.1, 0.15) is 5.56 Å². The number of hydrogen-bond acceptors (Lipinski definition) is 7. The Morgan fingerprint density at radius 2 is 1.94 bits per heavy atom. The maximum Gasteiger partial charge on any atom is 0.161 e. The van der Waals surface area contributed by atoms with Crippen LogP contribution in [0.5, 0.6) is 0 Å². The van der Waals surface area contributed by atoms with Gasteiger partial charge in [-0.15, -0.1) is 11.3 Å². The fourth-order valence-electron chi connectivity index (χ4n) is 4.06. The average Bonchev–Trinajstić information content (AvgIpc) is 3.57. The number of pyridine rings is 3. The van der Waals surface area contributed by atoms with Crippen molar-refractivity contribution in [2.75, 3.05) is 14.1 Å². The summed E-state index contributed by atoms with van der Waals surface area (Å²) in [6, 6.07) is 7.73. The summed E-state index contributed by atoms with van der Waals surface area (Å²) in [5.74, 6) is -0.00953. The molecular formula is C24H19FN8S. The molecule has 8 nitrogen and oxygen atoms in total. The molecule has 168 valence electrons. The summed E-state index contributed by atoms with van der Waals surface area (Å²) in [5.41, 5.74) is 4.99. The van der Waals surface area contributed by atoms with Crippen LogP contribution in [0.25, 0.3) is 55.3 Å². The topological polar surface area (TPSA) is 99.3 Å². The summed E-state index contributed by atoms with van der Waals surface area (Å²) in [6.45, 7) is 0.696. The molecule has 0 aliphatic rings. The van der Waals surface area contributed by atoms with Crippen molar-refractivity contribution in [3.8, 4) is 33.3 Å². The van der Waals surface area contributed by atoms with Gasteiger partial charge >= 0.3 is 0 Å². The van der Waals surface area contributed by atoms with Crippen molar-refractivity contribution < 1.29 is 4.39 Å². The van der Waals surface area contributed by atoms with E-state index in [0.717, 1.165) is 21.7 Å². The number of halogens is 1. The van der Waals surface area contributed by atoms with Crippen LogP contribution >= 0.6 is 11.3 Å². The van der Waals surface area contributed by atoms with Crippen LogP contribution in [0, 0.1) is 5.82 Å². The summed E-state index contributed by atoms with van der Waals surface area (Å²) in [6.07, 6.45) is 6.72. The molecule has 6 aromatic heterocycles. The maximum absolute atomic E-state index is 15.9. The predicted molar refractivity (Wildman–Crippen MR) is 131 cm³/mol. The Hall–Kier alpha value is -4.02. The summed E-state index contributed by atoms with van der Waals surface area (Å²) in [7, 11) is 3.95. The van der Waals surface area contributed by atoms with Crippen molar-refractivity contribution >= 4 is 33.3 Å². The van der Waals surface area contributed by atoms with E-state index in [1.54, 1.807) is 36.1 Å². The molecule has 10 heteroatoms. The van der Waals surface area contributed by atoms with Gasteiger partial charge in [0.15, 0.2) is 11.6 Å².